The number of carbonyl (C=O) groups is 2. The van der Waals surface area contributed by atoms with Crippen molar-refractivity contribution >= 4 is 29.1 Å². The van der Waals surface area contributed by atoms with Gasteiger partial charge in [-0.1, -0.05) is 11.6 Å². The van der Waals surface area contributed by atoms with Crippen LogP contribution in [0.2, 0.25) is 5.02 Å². The Balaban J connectivity index is 1.65. The van der Waals surface area contributed by atoms with E-state index in [9.17, 15) is 9.59 Å². The second-order valence-electron chi connectivity index (χ2n) is 6.31. The lowest BCUT2D eigenvalue weighted by atomic mass is 10.3. The standard InChI is InChI=1S/C20H20ClN5O3/c1-13-22-19(24-26(13)16-8-4-14(21)5-9-16)20(28)25(2)12-18(27)23-15-6-10-17(29-3)11-7-15/h4-11H,12H2,1-3H3,(H,23,27). The maximum atomic E-state index is 12.6. The van der Waals surface area contributed by atoms with E-state index in [4.69, 9.17) is 16.3 Å². The van der Waals surface area contributed by atoms with Crippen molar-refractivity contribution in [1.29, 1.82) is 0 Å². The number of aromatic nitrogens is 3. The van der Waals surface area contributed by atoms with Crippen LogP contribution in [-0.4, -0.2) is 52.2 Å². The zero-order chi connectivity index (χ0) is 21.0. The van der Waals surface area contributed by atoms with Gasteiger partial charge in [-0.2, -0.15) is 0 Å². The Morgan fingerprint density at radius 3 is 2.41 bits per heavy atom. The van der Waals surface area contributed by atoms with Gasteiger partial charge in [-0.05, 0) is 55.5 Å². The zero-order valence-electron chi connectivity index (χ0n) is 16.2. The fourth-order valence-corrected chi connectivity index (χ4v) is 2.77. The molecule has 9 heteroatoms. The second kappa shape index (κ2) is 8.74. The Morgan fingerprint density at radius 2 is 1.79 bits per heavy atom. The molecule has 0 aliphatic carbocycles. The van der Waals surface area contributed by atoms with E-state index in [1.807, 2.05) is 0 Å². The number of hydrogen-bond acceptors (Lipinski definition) is 5. The third-order valence-electron chi connectivity index (χ3n) is 4.13. The SMILES string of the molecule is COc1ccc(NC(=O)CN(C)C(=O)c2nc(C)n(-c3ccc(Cl)cc3)n2)cc1. The molecule has 0 saturated heterocycles. The number of aryl methyl sites for hydroxylation is 1. The van der Waals surface area contributed by atoms with Crippen LogP contribution in [0.15, 0.2) is 48.5 Å². The van der Waals surface area contributed by atoms with Crippen molar-refractivity contribution in [3.63, 3.8) is 0 Å². The van der Waals surface area contributed by atoms with Crippen molar-refractivity contribution in [2.75, 3.05) is 26.0 Å². The minimum absolute atomic E-state index is 0.0113. The molecule has 2 aromatic carbocycles. The molecule has 1 N–H and O–H groups in total. The average Bonchev–Trinajstić information content (AvgIpc) is 3.10. The van der Waals surface area contributed by atoms with Crippen molar-refractivity contribution < 1.29 is 14.3 Å². The van der Waals surface area contributed by atoms with Gasteiger partial charge >= 0.3 is 0 Å². The van der Waals surface area contributed by atoms with Gasteiger partial charge in [0.05, 0.1) is 19.3 Å². The molecule has 8 nitrogen and oxygen atoms in total. The van der Waals surface area contributed by atoms with E-state index in [-0.39, 0.29) is 18.3 Å². The summed E-state index contributed by atoms with van der Waals surface area (Å²) >= 11 is 5.91. The van der Waals surface area contributed by atoms with Crippen molar-refractivity contribution in [2.45, 2.75) is 6.92 Å². The Kier molecular flexibility index (Phi) is 6.13. The van der Waals surface area contributed by atoms with Crippen LogP contribution in [0.1, 0.15) is 16.4 Å². The average molecular weight is 414 g/mol. The number of ether oxygens (including phenoxy) is 1. The highest BCUT2D eigenvalue weighted by Crippen LogP contribution is 2.16. The Hall–Kier alpha value is -3.39. The zero-order valence-corrected chi connectivity index (χ0v) is 17.0. The largest absolute Gasteiger partial charge is 0.497 e. The summed E-state index contributed by atoms with van der Waals surface area (Å²) in [6.07, 6.45) is 0. The molecule has 0 aliphatic rings. The fourth-order valence-electron chi connectivity index (χ4n) is 2.64. The van der Waals surface area contributed by atoms with Gasteiger partial charge in [0, 0.05) is 17.8 Å². The number of hydrogen-bond donors (Lipinski definition) is 1. The molecule has 1 heterocycles. The first kappa shape index (κ1) is 20.3. The highest BCUT2D eigenvalue weighted by Gasteiger charge is 2.21. The molecule has 2 amide bonds. The molecule has 1 aromatic heterocycles. The first-order valence-corrected chi connectivity index (χ1v) is 9.14. The third kappa shape index (κ3) is 4.91. The quantitative estimate of drug-likeness (QED) is 0.671. The maximum absolute atomic E-state index is 12.6. The number of amides is 2. The van der Waals surface area contributed by atoms with Crippen LogP contribution < -0.4 is 10.1 Å². The summed E-state index contributed by atoms with van der Waals surface area (Å²) in [5.41, 5.74) is 1.34. The van der Waals surface area contributed by atoms with E-state index < -0.39 is 5.91 Å². The van der Waals surface area contributed by atoms with Crippen molar-refractivity contribution in [3.05, 3.63) is 65.2 Å². The summed E-state index contributed by atoms with van der Waals surface area (Å²) in [5, 5.41) is 7.60. The molecule has 0 bridgehead atoms. The highest BCUT2D eigenvalue weighted by molar-refractivity contribution is 6.30. The number of likely N-dealkylation sites (N-methyl/N-ethyl adjacent to an activating group) is 1. The molecule has 0 radical (unpaired) electrons. The van der Waals surface area contributed by atoms with E-state index in [1.165, 1.54) is 11.9 Å². The molecule has 0 atom stereocenters. The highest BCUT2D eigenvalue weighted by atomic mass is 35.5. The molecule has 150 valence electrons. The summed E-state index contributed by atoms with van der Waals surface area (Å²) in [6.45, 7) is 1.61. The lowest BCUT2D eigenvalue weighted by Crippen LogP contribution is -2.35. The van der Waals surface area contributed by atoms with Crippen LogP contribution in [0, 0.1) is 6.92 Å². The van der Waals surface area contributed by atoms with Crippen LogP contribution in [0.3, 0.4) is 0 Å². The summed E-state index contributed by atoms with van der Waals surface area (Å²) in [7, 11) is 3.09. The van der Waals surface area contributed by atoms with Gasteiger partial charge in [0.25, 0.3) is 5.91 Å². The Bertz CT molecular complexity index is 1020. The predicted octanol–water partition coefficient (Wildman–Crippen LogP) is 2.95. The first-order valence-electron chi connectivity index (χ1n) is 8.76. The molecule has 3 aromatic rings. The van der Waals surface area contributed by atoms with E-state index >= 15 is 0 Å². The molecular formula is C20H20ClN5O3. The number of methoxy groups -OCH3 is 1. The fraction of sp³-hybridized carbons (Fsp3) is 0.200. The minimum Gasteiger partial charge on any atom is -0.497 e. The molecule has 3 rings (SSSR count). The lowest BCUT2D eigenvalue weighted by Gasteiger charge is -2.15. The smallest absolute Gasteiger partial charge is 0.293 e. The number of nitrogens with zero attached hydrogens (tertiary/aromatic N) is 4. The van der Waals surface area contributed by atoms with Gasteiger partial charge in [-0.3, -0.25) is 9.59 Å². The number of halogens is 1. The molecule has 0 aliphatic heterocycles. The molecule has 0 unspecified atom stereocenters. The van der Waals surface area contributed by atoms with Gasteiger partial charge in [0.1, 0.15) is 11.6 Å². The Labute approximate surface area is 173 Å². The van der Waals surface area contributed by atoms with Gasteiger partial charge in [-0.15, -0.1) is 5.10 Å². The van der Waals surface area contributed by atoms with Crippen LogP contribution in [0.5, 0.6) is 5.75 Å². The van der Waals surface area contributed by atoms with Crippen LogP contribution >= 0.6 is 11.6 Å². The summed E-state index contributed by atoms with van der Waals surface area (Å²) in [6, 6.07) is 13.9. The second-order valence-corrected chi connectivity index (χ2v) is 6.75. The third-order valence-corrected chi connectivity index (χ3v) is 4.38. The lowest BCUT2D eigenvalue weighted by molar-refractivity contribution is -0.116. The summed E-state index contributed by atoms with van der Waals surface area (Å²) in [4.78, 5) is 30.4. The molecule has 29 heavy (non-hydrogen) atoms. The van der Waals surface area contributed by atoms with E-state index in [0.717, 1.165) is 5.69 Å². The Morgan fingerprint density at radius 1 is 1.14 bits per heavy atom. The first-order chi connectivity index (χ1) is 13.9. The summed E-state index contributed by atoms with van der Waals surface area (Å²) in [5.74, 6) is 0.461. The number of nitrogens with one attached hydrogen (secondary N) is 1. The van der Waals surface area contributed by atoms with Crippen molar-refractivity contribution in [3.8, 4) is 11.4 Å². The number of benzene rings is 2. The van der Waals surface area contributed by atoms with Crippen molar-refractivity contribution in [2.24, 2.45) is 0 Å². The van der Waals surface area contributed by atoms with Gasteiger partial charge in [-0.25, -0.2) is 9.67 Å². The van der Waals surface area contributed by atoms with Gasteiger partial charge < -0.3 is 15.0 Å². The monoisotopic (exact) mass is 413 g/mol. The van der Waals surface area contributed by atoms with Crippen LogP contribution in [-0.2, 0) is 4.79 Å². The van der Waals surface area contributed by atoms with E-state index in [1.54, 1.807) is 67.2 Å². The number of rotatable bonds is 6. The predicted molar refractivity (Wildman–Crippen MR) is 110 cm³/mol. The van der Waals surface area contributed by atoms with Crippen molar-refractivity contribution in [1.82, 2.24) is 19.7 Å². The molecule has 0 fully saturated rings. The topological polar surface area (TPSA) is 89.4 Å². The number of anilines is 1. The van der Waals surface area contributed by atoms with Crippen LogP contribution in [0.25, 0.3) is 5.69 Å². The molecule has 0 saturated carbocycles. The maximum Gasteiger partial charge on any atom is 0.293 e. The molecule has 0 spiro atoms. The normalized spacial score (nSPS) is 10.5. The van der Waals surface area contributed by atoms with Gasteiger partial charge in [0.2, 0.25) is 11.7 Å². The van der Waals surface area contributed by atoms with Crippen LogP contribution in [0.4, 0.5) is 5.69 Å². The number of carbonyl (C=O) groups excluding carboxylic acids is 2. The van der Waals surface area contributed by atoms with Gasteiger partial charge in [0.15, 0.2) is 0 Å². The molecular weight excluding hydrogens is 394 g/mol. The van der Waals surface area contributed by atoms with E-state index in [2.05, 4.69) is 15.4 Å². The summed E-state index contributed by atoms with van der Waals surface area (Å²) < 4.78 is 6.63. The van der Waals surface area contributed by atoms with E-state index in [0.29, 0.717) is 22.3 Å². The minimum atomic E-state index is -0.453.